The highest BCUT2D eigenvalue weighted by atomic mass is 35.5. The summed E-state index contributed by atoms with van der Waals surface area (Å²) in [6.45, 7) is 0. The van der Waals surface area contributed by atoms with Crippen molar-refractivity contribution >= 4 is 34.4 Å². The number of anilines is 3. The summed E-state index contributed by atoms with van der Waals surface area (Å²) in [7, 11) is 0. The first-order valence-electron chi connectivity index (χ1n) is 5.23. The molecular formula is C12H9ClFN3O2. The molecule has 0 bridgehead atoms. The molecule has 5 nitrogen and oxygen atoms in total. The van der Waals surface area contributed by atoms with Crippen LogP contribution in [0.2, 0.25) is 5.02 Å². The fourth-order valence-corrected chi connectivity index (χ4v) is 1.73. The monoisotopic (exact) mass is 281 g/mol. The van der Waals surface area contributed by atoms with Crippen molar-refractivity contribution < 1.29 is 9.31 Å². The van der Waals surface area contributed by atoms with Crippen LogP contribution in [0.3, 0.4) is 0 Å². The molecule has 98 valence electrons. The van der Waals surface area contributed by atoms with Crippen LogP contribution in [0.15, 0.2) is 36.4 Å². The number of nitrogens with zero attached hydrogens (tertiary/aromatic N) is 1. The van der Waals surface area contributed by atoms with Crippen LogP contribution >= 0.6 is 11.6 Å². The van der Waals surface area contributed by atoms with E-state index in [0.717, 1.165) is 0 Å². The van der Waals surface area contributed by atoms with Crippen LogP contribution in [-0.4, -0.2) is 4.92 Å². The van der Waals surface area contributed by atoms with E-state index in [2.05, 4.69) is 5.32 Å². The summed E-state index contributed by atoms with van der Waals surface area (Å²) in [6, 6.07) is 8.16. The van der Waals surface area contributed by atoms with Crippen LogP contribution in [0.4, 0.5) is 27.1 Å². The van der Waals surface area contributed by atoms with Gasteiger partial charge < -0.3 is 11.1 Å². The van der Waals surface area contributed by atoms with Gasteiger partial charge in [-0.1, -0.05) is 11.6 Å². The number of nitrogens with two attached hydrogens (primary N) is 1. The Kier molecular flexibility index (Phi) is 3.52. The number of benzene rings is 2. The summed E-state index contributed by atoms with van der Waals surface area (Å²) >= 11 is 5.65. The number of nitrogen functional groups attached to an aromatic ring is 1. The van der Waals surface area contributed by atoms with Crippen molar-refractivity contribution in [2.45, 2.75) is 0 Å². The molecule has 0 aliphatic heterocycles. The Bertz CT molecular complexity index is 649. The highest BCUT2D eigenvalue weighted by Gasteiger charge is 2.09. The maximum atomic E-state index is 13.0. The van der Waals surface area contributed by atoms with Crippen molar-refractivity contribution in [3.05, 3.63) is 57.4 Å². The van der Waals surface area contributed by atoms with Crippen molar-refractivity contribution in [2.75, 3.05) is 11.1 Å². The summed E-state index contributed by atoms with van der Waals surface area (Å²) in [4.78, 5) is 10.2. The average Bonchev–Trinajstić information content (AvgIpc) is 2.33. The van der Waals surface area contributed by atoms with E-state index < -0.39 is 10.7 Å². The van der Waals surface area contributed by atoms with E-state index in [1.54, 1.807) is 0 Å². The van der Waals surface area contributed by atoms with Crippen LogP contribution < -0.4 is 11.1 Å². The molecular weight excluding hydrogens is 273 g/mol. The lowest BCUT2D eigenvalue weighted by atomic mass is 10.2. The molecule has 2 aromatic rings. The maximum Gasteiger partial charge on any atom is 0.273 e. The van der Waals surface area contributed by atoms with Gasteiger partial charge in [-0.05, 0) is 24.3 Å². The van der Waals surface area contributed by atoms with Gasteiger partial charge in [0.25, 0.3) is 5.69 Å². The number of nitrogens with one attached hydrogen (secondary N) is 1. The van der Waals surface area contributed by atoms with Crippen LogP contribution in [-0.2, 0) is 0 Å². The number of nitro benzene ring substituents is 1. The first-order valence-corrected chi connectivity index (χ1v) is 5.60. The van der Waals surface area contributed by atoms with Crippen LogP contribution in [0.25, 0.3) is 0 Å². The Balaban J connectivity index is 2.32. The predicted octanol–water partition coefficient (Wildman–Crippen LogP) is 3.71. The molecule has 0 spiro atoms. The summed E-state index contributed by atoms with van der Waals surface area (Å²) in [5.41, 5.74) is 6.63. The molecule has 7 heteroatoms. The third kappa shape index (κ3) is 3.11. The summed E-state index contributed by atoms with van der Waals surface area (Å²) in [5.74, 6) is -0.536. The first kappa shape index (κ1) is 13.1. The SMILES string of the molecule is Nc1cc(Nc2ccc(F)c(Cl)c2)cc([N+](=O)[O-])c1. The number of halogens is 2. The average molecular weight is 282 g/mol. The Morgan fingerprint density at radius 1 is 1.21 bits per heavy atom. The molecule has 0 aliphatic rings. The van der Waals surface area contributed by atoms with Gasteiger partial charge >= 0.3 is 0 Å². The number of non-ortho nitro benzene ring substituents is 1. The van der Waals surface area contributed by atoms with Gasteiger partial charge in [-0.2, -0.15) is 0 Å². The molecule has 19 heavy (non-hydrogen) atoms. The topological polar surface area (TPSA) is 81.2 Å². The minimum Gasteiger partial charge on any atom is -0.398 e. The maximum absolute atomic E-state index is 13.0. The molecule has 2 rings (SSSR count). The van der Waals surface area contributed by atoms with Gasteiger partial charge in [0.05, 0.1) is 9.95 Å². The fraction of sp³-hybridized carbons (Fsp3) is 0. The van der Waals surface area contributed by atoms with Gasteiger partial charge in [0.1, 0.15) is 5.82 Å². The van der Waals surface area contributed by atoms with E-state index >= 15 is 0 Å². The van der Waals surface area contributed by atoms with Crippen LogP contribution in [0.5, 0.6) is 0 Å². The van der Waals surface area contributed by atoms with Gasteiger partial charge in [0, 0.05) is 29.2 Å². The Morgan fingerprint density at radius 2 is 1.95 bits per heavy atom. The molecule has 3 N–H and O–H groups in total. The van der Waals surface area contributed by atoms with E-state index in [0.29, 0.717) is 11.4 Å². The van der Waals surface area contributed by atoms with E-state index in [4.69, 9.17) is 17.3 Å². The summed E-state index contributed by atoms with van der Waals surface area (Å²) in [5, 5.41) is 13.5. The van der Waals surface area contributed by atoms with Crippen molar-refractivity contribution in [2.24, 2.45) is 0 Å². The van der Waals surface area contributed by atoms with Gasteiger partial charge in [0.15, 0.2) is 0 Å². The number of hydrogen-bond acceptors (Lipinski definition) is 4. The first-order chi connectivity index (χ1) is 8.95. The van der Waals surface area contributed by atoms with Crippen molar-refractivity contribution in [3.8, 4) is 0 Å². The van der Waals surface area contributed by atoms with E-state index in [1.165, 1.54) is 36.4 Å². The fourth-order valence-electron chi connectivity index (χ4n) is 1.55. The Hall–Kier alpha value is -2.34. The Morgan fingerprint density at radius 3 is 2.58 bits per heavy atom. The van der Waals surface area contributed by atoms with E-state index in [9.17, 15) is 14.5 Å². The normalized spacial score (nSPS) is 10.2. The lowest BCUT2D eigenvalue weighted by Crippen LogP contribution is -1.96. The zero-order valence-corrected chi connectivity index (χ0v) is 10.3. The number of rotatable bonds is 3. The van der Waals surface area contributed by atoms with Gasteiger partial charge in [-0.3, -0.25) is 10.1 Å². The zero-order chi connectivity index (χ0) is 14.0. The van der Waals surface area contributed by atoms with Crippen molar-refractivity contribution in [1.29, 1.82) is 0 Å². The molecule has 0 aliphatic carbocycles. The highest BCUT2D eigenvalue weighted by Crippen LogP contribution is 2.27. The second-order valence-electron chi connectivity index (χ2n) is 3.82. The summed E-state index contributed by atoms with van der Waals surface area (Å²) < 4.78 is 13.0. The van der Waals surface area contributed by atoms with Crippen molar-refractivity contribution in [1.82, 2.24) is 0 Å². The Labute approximate surface area is 113 Å². The third-order valence-corrected chi connectivity index (χ3v) is 2.65. The molecule has 0 saturated heterocycles. The standard InChI is InChI=1S/C12H9ClFN3O2/c13-11-6-8(1-2-12(11)14)16-9-3-7(15)4-10(5-9)17(18)19/h1-6,16H,15H2. The lowest BCUT2D eigenvalue weighted by molar-refractivity contribution is -0.384. The third-order valence-electron chi connectivity index (χ3n) is 2.36. The second kappa shape index (κ2) is 5.11. The summed E-state index contributed by atoms with van der Waals surface area (Å²) in [6.07, 6.45) is 0. The van der Waals surface area contributed by atoms with Crippen molar-refractivity contribution in [3.63, 3.8) is 0 Å². The molecule has 0 heterocycles. The molecule has 0 aromatic heterocycles. The molecule has 0 fully saturated rings. The van der Waals surface area contributed by atoms with Gasteiger partial charge in [-0.15, -0.1) is 0 Å². The smallest absolute Gasteiger partial charge is 0.273 e. The molecule has 2 aromatic carbocycles. The van der Waals surface area contributed by atoms with E-state index in [-0.39, 0.29) is 16.4 Å². The van der Waals surface area contributed by atoms with Crippen LogP contribution in [0.1, 0.15) is 0 Å². The van der Waals surface area contributed by atoms with Gasteiger partial charge in [-0.25, -0.2) is 4.39 Å². The largest absolute Gasteiger partial charge is 0.398 e. The van der Waals surface area contributed by atoms with Crippen LogP contribution in [0, 0.1) is 15.9 Å². The molecule has 0 radical (unpaired) electrons. The highest BCUT2D eigenvalue weighted by molar-refractivity contribution is 6.31. The molecule has 0 amide bonds. The predicted molar refractivity (Wildman–Crippen MR) is 72.2 cm³/mol. The quantitative estimate of drug-likeness (QED) is 0.510. The molecule has 0 unspecified atom stereocenters. The molecule has 0 saturated carbocycles. The second-order valence-corrected chi connectivity index (χ2v) is 4.23. The number of nitro groups is 1. The zero-order valence-electron chi connectivity index (χ0n) is 9.56. The van der Waals surface area contributed by atoms with E-state index in [1.807, 2.05) is 0 Å². The number of hydrogen-bond donors (Lipinski definition) is 2. The minimum atomic E-state index is -0.542. The lowest BCUT2D eigenvalue weighted by Gasteiger charge is -2.08. The molecule has 0 atom stereocenters. The van der Waals surface area contributed by atoms with Gasteiger partial charge in [0.2, 0.25) is 0 Å². The minimum absolute atomic E-state index is 0.0385.